The third kappa shape index (κ3) is 2.25. The lowest BCUT2D eigenvalue weighted by molar-refractivity contribution is -0.146. The lowest BCUT2D eigenvalue weighted by Crippen LogP contribution is -2.24. The molecule has 0 bridgehead atoms. The van der Waals surface area contributed by atoms with E-state index < -0.39 is 0 Å². The fraction of sp³-hybridized carbons (Fsp3) is 0.583. The van der Waals surface area contributed by atoms with Crippen molar-refractivity contribution in [1.82, 2.24) is 0 Å². The van der Waals surface area contributed by atoms with E-state index in [0.717, 1.165) is 5.57 Å². The van der Waals surface area contributed by atoms with Crippen LogP contribution in [0.5, 0.6) is 0 Å². The highest BCUT2D eigenvalue weighted by Gasteiger charge is 2.38. The highest BCUT2D eigenvalue weighted by atomic mass is 16.5. The molecular formula is C12H18O2. The van der Waals surface area contributed by atoms with Crippen LogP contribution in [0.3, 0.4) is 0 Å². The van der Waals surface area contributed by atoms with Gasteiger partial charge in [-0.15, -0.1) is 0 Å². The lowest BCUT2D eigenvalue weighted by Gasteiger charge is -2.22. The maximum atomic E-state index is 11.4. The Labute approximate surface area is 85.6 Å². The van der Waals surface area contributed by atoms with Crippen molar-refractivity contribution in [2.24, 2.45) is 17.8 Å². The third-order valence-corrected chi connectivity index (χ3v) is 2.93. The van der Waals surface area contributed by atoms with E-state index in [1.54, 1.807) is 6.08 Å². The summed E-state index contributed by atoms with van der Waals surface area (Å²) in [6.07, 6.45) is 4.14. The zero-order chi connectivity index (χ0) is 10.7. The summed E-state index contributed by atoms with van der Waals surface area (Å²) >= 11 is 0. The monoisotopic (exact) mass is 194 g/mol. The van der Waals surface area contributed by atoms with Gasteiger partial charge in [0.15, 0.2) is 0 Å². The summed E-state index contributed by atoms with van der Waals surface area (Å²) in [6.45, 7) is 9.56. The Morgan fingerprint density at radius 1 is 1.57 bits per heavy atom. The van der Waals surface area contributed by atoms with Crippen LogP contribution < -0.4 is 0 Å². The molecule has 0 heterocycles. The second kappa shape index (κ2) is 4.45. The van der Waals surface area contributed by atoms with Crippen molar-refractivity contribution in [1.29, 1.82) is 0 Å². The van der Waals surface area contributed by atoms with Crippen LogP contribution >= 0.6 is 0 Å². The first kappa shape index (κ1) is 11.0. The molecule has 1 aliphatic rings. The van der Waals surface area contributed by atoms with Crippen LogP contribution in [0.4, 0.5) is 0 Å². The molecular weight excluding hydrogens is 176 g/mol. The predicted octanol–water partition coefficient (Wildman–Crippen LogP) is 2.56. The van der Waals surface area contributed by atoms with Crippen molar-refractivity contribution < 1.29 is 9.53 Å². The molecule has 2 atom stereocenters. The van der Waals surface area contributed by atoms with Crippen LogP contribution in [0.25, 0.3) is 0 Å². The second-order valence-electron chi connectivity index (χ2n) is 3.95. The van der Waals surface area contributed by atoms with Gasteiger partial charge < -0.3 is 4.74 Å². The van der Waals surface area contributed by atoms with Gasteiger partial charge in [-0.3, -0.25) is 4.79 Å². The molecule has 78 valence electrons. The number of carbonyl (C=O) groups is 1. The molecule has 14 heavy (non-hydrogen) atoms. The molecule has 0 aromatic heterocycles. The summed E-state index contributed by atoms with van der Waals surface area (Å²) in [4.78, 5) is 11.4. The van der Waals surface area contributed by atoms with Gasteiger partial charge in [-0.25, -0.2) is 0 Å². The molecule has 1 aliphatic carbocycles. The van der Waals surface area contributed by atoms with E-state index in [4.69, 9.17) is 4.74 Å². The minimum Gasteiger partial charge on any atom is -0.469 e. The molecule has 2 heteroatoms. The van der Waals surface area contributed by atoms with Crippen LogP contribution in [0.1, 0.15) is 19.8 Å². The van der Waals surface area contributed by atoms with E-state index in [9.17, 15) is 4.79 Å². The van der Waals surface area contributed by atoms with Gasteiger partial charge in [-0.2, -0.15) is 0 Å². The largest absolute Gasteiger partial charge is 0.469 e. The number of carbonyl (C=O) groups excluding carboxylic acids is 1. The Balaban J connectivity index is 2.71. The Hall–Kier alpha value is -1.05. The molecule has 1 rings (SSSR count). The van der Waals surface area contributed by atoms with Crippen LogP contribution in [0.2, 0.25) is 0 Å². The van der Waals surface area contributed by atoms with E-state index in [1.807, 2.05) is 6.92 Å². The van der Waals surface area contributed by atoms with Crippen LogP contribution in [0, 0.1) is 17.8 Å². The molecule has 2 nitrogen and oxygen atoms in total. The minimum absolute atomic E-state index is 0.0991. The van der Waals surface area contributed by atoms with Crippen molar-refractivity contribution in [3.63, 3.8) is 0 Å². The smallest absolute Gasteiger partial charge is 0.309 e. The van der Waals surface area contributed by atoms with Crippen molar-refractivity contribution in [3.8, 4) is 0 Å². The average Bonchev–Trinajstić information content (AvgIpc) is 3.00. The topological polar surface area (TPSA) is 26.3 Å². The maximum absolute atomic E-state index is 11.4. The van der Waals surface area contributed by atoms with Gasteiger partial charge in [0.25, 0.3) is 0 Å². The first-order valence-corrected chi connectivity index (χ1v) is 5.00. The summed E-state index contributed by atoms with van der Waals surface area (Å²) < 4.78 is 4.75. The summed E-state index contributed by atoms with van der Waals surface area (Å²) in [5.41, 5.74) is 0.963. The summed E-state index contributed by atoms with van der Waals surface area (Å²) in [5, 5.41) is 0. The normalized spacial score (nSPS) is 19.6. The molecule has 0 aromatic carbocycles. The quantitative estimate of drug-likeness (QED) is 0.496. The van der Waals surface area contributed by atoms with Gasteiger partial charge in [0.2, 0.25) is 0 Å². The van der Waals surface area contributed by atoms with Gasteiger partial charge in [-0.05, 0) is 24.7 Å². The Morgan fingerprint density at radius 2 is 2.14 bits per heavy atom. The van der Waals surface area contributed by atoms with Gasteiger partial charge in [0.1, 0.15) is 0 Å². The number of esters is 1. The van der Waals surface area contributed by atoms with E-state index >= 15 is 0 Å². The number of allylic oxidation sites excluding steroid dienone is 2. The molecule has 1 saturated carbocycles. The standard InChI is InChI=1S/C12H18O2/c1-5-8(2)11(10-6-7-10)9(3)12(13)14-4/h5,9-11H,1-2,6-7H2,3-4H3. The molecule has 0 N–H and O–H groups in total. The van der Waals surface area contributed by atoms with Gasteiger partial charge in [0, 0.05) is 0 Å². The van der Waals surface area contributed by atoms with E-state index in [1.165, 1.54) is 20.0 Å². The highest BCUT2D eigenvalue weighted by molar-refractivity contribution is 5.73. The SMILES string of the molecule is C=CC(=C)C(C1CC1)C(C)C(=O)OC. The Morgan fingerprint density at radius 3 is 2.50 bits per heavy atom. The number of rotatable bonds is 5. The lowest BCUT2D eigenvalue weighted by atomic mass is 9.83. The van der Waals surface area contributed by atoms with Crippen LogP contribution in [-0.4, -0.2) is 13.1 Å². The summed E-state index contributed by atoms with van der Waals surface area (Å²) in [6, 6.07) is 0. The Bertz CT molecular complexity index is 251. The fourth-order valence-corrected chi connectivity index (χ4v) is 1.96. The molecule has 0 aliphatic heterocycles. The summed E-state index contributed by atoms with van der Waals surface area (Å²) in [7, 11) is 1.43. The predicted molar refractivity (Wildman–Crippen MR) is 56.7 cm³/mol. The van der Waals surface area contributed by atoms with E-state index in [0.29, 0.717) is 5.92 Å². The molecule has 1 fully saturated rings. The van der Waals surface area contributed by atoms with E-state index in [2.05, 4.69) is 13.2 Å². The zero-order valence-corrected chi connectivity index (χ0v) is 8.95. The maximum Gasteiger partial charge on any atom is 0.309 e. The zero-order valence-electron chi connectivity index (χ0n) is 8.95. The summed E-state index contributed by atoms with van der Waals surface area (Å²) in [5.74, 6) is 0.581. The van der Waals surface area contributed by atoms with Crippen LogP contribution in [0.15, 0.2) is 24.8 Å². The van der Waals surface area contributed by atoms with Crippen LogP contribution in [-0.2, 0) is 9.53 Å². The molecule has 0 amide bonds. The third-order valence-electron chi connectivity index (χ3n) is 2.93. The van der Waals surface area contributed by atoms with Crippen molar-refractivity contribution in [2.75, 3.05) is 7.11 Å². The second-order valence-corrected chi connectivity index (χ2v) is 3.95. The Kier molecular flexibility index (Phi) is 3.50. The number of hydrogen-bond acceptors (Lipinski definition) is 2. The fourth-order valence-electron chi connectivity index (χ4n) is 1.96. The van der Waals surface area contributed by atoms with Crippen molar-refractivity contribution >= 4 is 5.97 Å². The molecule has 2 unspecified atom stereocenters. The highest BCUT2D eigenvalue weighted by Crippen LogP contribution is 2.44. The number of ether oxygens (including phenoxy) is 1. The van der Waals surface area contributed by atoms with Gasteiger partial charge >= 0.3 is 5.97 Å². The first-order chi connectivity index (χ1) is 6.61. The molecule has 0 spiro atoms. The first-order valence-electron chi connectivity index (χ1n) is 5.00. The molecule has 0 aromatic rings. The molecule has 0 radical (unpaired) electrons. The number of hydrogen-bond donors (Lipinski definition) is 0. The van der Waals surface area contributed by atoms with Gasteiger partial charge in [-0.1, -0.05) is 31.7 Å². The number of methoxy groups -OCH3 is 1. The molecule has 0 saturated heterocycles. The van der Waals surface area contributed by atoms with E-state index in [-0.39, 0.29) is 17.8 Å². The minimum atomic E-state index is -0.148. The average molecular weight is 194 g/mol. The van der Waals surface area contributed by atoms with Gasteiger partial charge in [0.05, 0.1) is 13.0 Å². The van der Waals surface area contributed by atoms with Crippen molar-refractivity contribution in [3.05, 3.63) is 24.8 Å². The van der Waals surface area contributed by atoms with Crippen molar-refractivity contribution in [2.45, 2.75) is 19.8 Å².